The molecule has 2 aromatic carbocycles. The fourth-order valence-electron chi connectivity index (χ4n) is 2.74. The van der Waals surface area contributed by atoms with E-state index in [4.69, 9.17) is 4.74 Å². The summed E-state index contributed by atoms with van der Waals surface area (Å²) in [6, 6.07) is 14.8. The average Bonchev–Trinajstić information content (AvgIpc) is 2.73. The Kier molecular flexibility index (Phi) is 6.78. The summed E-state index contributed by atoms with van der Waals surface area (Å²) in [7, 11) is -2.22. The number of sulfone groups is 1. The minimum atomic E-state index is -3.79. The first-order valence-electron chi connectivity index (χ1n) is 8.78. The Hall–Kier alpha value is -2.56. The normalized spacial score (nSPS) is 19.3. The summed E-state index contributed by atoms with van der Waals surface area (Å²) in [5, 5.41) is 7.11. The van der Waals surface area contributed by atoms with Gasteiger partial charge in [-0.2, -0.15) is 0 Å². The Labute approximate surface area is 173 Å². The van der Waals surface area contributed by atoms with Crippen LogP contribution in [0, 0.1) is 0 Å². The number of amides is 2. The molecule has 0 spiro atoms. The SMILES string of the molecule is COc1ccc(NC(=O)CSC2NCC(S(=O)(=O)c3ccccc3)C(=O)N2)cc1. The van der Waals surface area contributed by atoms with Crippen LogP contribution in [-0.4, -0.2) is 50.4 Å². The maximum Gasteiger partial charge on any atom is 0.241 e. The Morgan fingerprint density at radius 2 is 1.86 bits per heavy atom. The Morgan fingerprint density at radius 1 is 1.17 bits per heavy atom. The zero-order chi connectivity index (χ0) is 20.9. The van der Waals surface area contributed by atoms with Crippen molar-refractivity contribution in [3.63, 3.8) is 0 Å². The molecule has 2 amide bonds. The highest BCUT2D eigenvalue weighted by Gasteiger charge is 2.38. The number of carbonyl (C=O) groups is 2. The average molecular weight is 436 g/mol. The molecule has 2 aromatic rings. The molecule has 154 valence electrons. The number of nitrogens with one attached hydrogen (secondary N) is 3. The molecule has 0 aromatic heterocycles. The number of rotatable bonds is 7. The molecule has 2 unspecified atom stereocenters. The third kappa shape index (κ3) is 5.28. The van der Waals surface area contributed by atoms with Gasteiger partial charge in [0, 0.05) is 12.2 Å². The topological polar surface area (TPSA) is 114 Å². The van der Waals surface area contributed by atoms with E-state index in [1.165, 1.54) is 23.9 Å². The first-order valence-corrected chi connectivity index (χ1v) is 11.4. The smallest absolute Gasteiger partial charge is 0.241 e. The van der Waals surface area contributed by atoms with Crippen LogP contribution in [0.1, 0.15) is 0 Å². The molecule has 0 saturated carbocycles. The molecule has 0 aliphatic carbocycles. The zero-order valence-electron chi connectivity index (χ0n) is 15.6. The molecule has 1 saturated heterocycles. The van der Waals surface area contributed by atoms with Crippen LogP contribution >= 0.6 is 11.8 Å². The Bertz CT molecular complexity index is 965. The molecule has 8 nitrogen and oxygen atoms in total. The molecular formula is C19H21N3O5S2. The van der Waals surface area contributed by atoms with Crippen molar-refractivity contribution < 1.29 is 22.7 Å². The Balaban J connectivity index is 1.51. The molecule has 1 aliphatic heterocycles. The largest absolute Gasteiger partial charge is 0.497 e. The van der Waals surface area contributed by atoms with Crippen LogP contribution in [0.2, 0.25) is 0 Å². The summed E-state index contributed by atoms with van der Waals surface area (Å²) in [6.45, 7) is -0.0270. The van der Waals surface area contributed by atoms with Gasteiger partial charge in [0.15, 0.2) is 15.1 Å². The van der Waals surface area contributed by atoms with Crippen LogP contribution in [0.25, 0.3) is 0 Å². The highest BCUT2D eigenvalue weighted by molar-refractivity contribution is 8.00. The van der Waals surface area contributed by atoms with Crippen LogP contribution in [0.4, 0.5) is 5.69 Å². The van der Waals surface area contributed by atoms with E-state index in [2.05, 4.69) is 16.0 Å². The number of hydrogen-bond donors (Lipinski definition) is 3. The van der Waals surface area contributed by atoms with Crippen molar-refractivity contribution in [3.05, 3.63) is 54.6 Å². The molecule has 1 fully saturated rings. The molecule has 29 heavy (non-hydrogen) atoms. The maximum absolute atomic E-state index is 12.6. The van der Waals surface area contributed by atoms with Crippen molar-refractivity contribution in [2.45, 2.75) is 15.6 Å². The van der Waals surface area contributed by atoms with Gasteiger partial charge in [-0.3, -0.25) is 14.9 Å². The monoisotopic (exact) mass is 435 g/mol. The van der Waals surface area contributed by atoms with Crippen molar-refractivity contribution in [2.75, 3.05) is 24.7 Å². The van der Waals surface area contributed by atoms with Crippen LogP contribution in [-0.2, 0) is 19.4 Å². The van der Waals surface area contributed by atoms with Gasteiger partial charge >= 0.3 is 0 Å². The highest BCUT2D eigenvalue weighted by Crippen LogP contribution is 2.20. The highest BCUT2D eigenvalue weighted by atomic mass is 32.2. The van der Waals surface area contributed by atoms with Crippen molar-refractivity contribution in [3.8, 4) is 5.75 Å². The van der Waals surface area contributed by atoms with E-state index in [0.717, 1.165) is 0 Å². The zero-order valence-corrected chi connectivity index (χ0v) is 17.3. The lowest BCUT2D eigenvalue weighted by Crippen LogP contribution is -2.59. The quantitative estimate of drug-likeness (QED) is 0.599. The fourth-order valence-corrected chi connectivity index (χ4v) is 5.07. The van der Waals surface area contributed by atoms with Crippen molar-refractivity contribution in [1.29, 1.82) is 0 Å². The molecule has 1 heterocycles. The third-order valence-corrected chi connectivity index (χ3v) is 7.36. The summed E-state index contributed by atoms with van der Waals surface area (Å²) in [4.78, 5) is 24.6. The van der Waals surface area contributed by atoms with Crippen LogP contribution in [0.5, 0.6) is 5.75 Å². The van der Waals surface area contributed by atoms with Gasteiger partial charge in [0.2, 0.25) is 11.8 Å². The second kappa shape index (κ2) is 9.29. The maximum atomic E-state index is 12.6. The van der Waals surface area contributed by atoms with Gasteiger partial charge in [-0.1, -0.05) is 18.2 Å². The summed E-state index contributed by atoms with van der Waals surface area (Å²) in [5.41, 5.74) is 0.0809. The van der Waals surface area contributed by atoms with E-state index >= 15 is 0 Å². The van der Waals surface area contributed by atoms with Crippen molar-refractivity contribution in [2.24, 2.45) is 0 Å². The minimum Gasteiger partial charge on any atom is -0.497 e. The van der Waals surface area contributed by atoms with Crippen molar-refractivity contribution in [1.82, 2.24) is 10.6 Å². The standard InChI is InChI=1S/C19H21N3O5S2/c1-27-14-9-7-13(8-10-14)21-17(23)12-28-19-20-11-16(18(24)22-19)29(25,26)15-5-3-2-4-6-15/h2-10,16,19-20H,11-12H2,1H3,(H,21,23)(H,22,24). The lowest BCUT2D eigenvalue weighted by atomic mass is 10.3. The van der Waals surface area contributed by atoms with E-state index in [1.807, 2.05) is 0 Å². The molecule has 3 N–H and O–H groups in total. The number of benzene rings is 2. The summed E-state index contributed by atoms with van der Waals surface area (Å²) in [6.07, 6.45) is 0. The van der Waals surface area contributed by atoms with Crippen LogP contribution in [0.3, 0.4) is 0 Å². The van der Waals surface area contributed by atoms with Gasteiger partial charge in [-0.15, -0.1) is 11.8 Å². The minimum absolute atomic E-state index is 0.0270. The van der Waals surface area contributed by atoms with Crippen LogP contribution < -0.4 is 20.7 Å². The van der Waals surface area contributed by atoms with E-state index in [0.29, 0.717) is 11.4 Å². The Morgan fingerprint density at radius 3 is 2.48 bits per heavy atom. The van der Waals surface area contributed by atoms with Gasteiger partial charge in [0.25, 0.3) is 0 Å². The van der Waals surface area contributed by atoms with Crippen molar-refractivity contribution >= 4 is 39.1 Å². The van der Waals surface area contributed by atoms with Gasteiger partial charge < -0.3 is 15.4 Å². The number of methoxy groups -OCH3 is 1. The van der Waals surface area contributed by atoms with Gasteiger partial charge in [-0.05, 0) is 36.4 Å². The number of anilines is 1. The van der Waals surface area contributed by atoms with Gasteiger partial charge in [-0.25, -0.2) is 8.42 Å². The van der Waals surface area contributed by atoms with E-state index in [1.54, 1.807) is 49.6 Å². The van der Waals surface area contributed by atoms with Gasteiger partial charge in [0.05, 0.1) is 17.8 Å². The lowest BCUT2D eigenvalue weighted by molar-refractivity contribution is -0.122. The second-order valence-electron chi connectivity index (χ2n) is 6.23. The summed E-state index contributed by atoms with van der Waals surface area (Å²) < 4.78 is 30.3. The fraction of sp³-hybridized carbons (Fsp3) is 0.263. The lowest BCUT2D eigenvalue weighted by Gasteiger charge is -2.29. The van der Waals surface area contributed by atoms with E-state index in [9.17, 15) is 18.0 Å². The summed E-state index contributed by atoms with van der Waals surface area (Å²) in [5.74, 6) is -0.0532. The molecular weight excluding hydrogens is 414 g/mol. The van der Waals surface area contributed by atoms with E-state index in [-0.39, 0.29) is 23.1 Å². The number of ether oxygens (including phenoxy) is 1. The molecule has 1 aliphatic rings. The number of carbonyl (C=O) groups excluding carboxylic acids is 2. The third-order valence-electron chi connectivity index (χ3n) is 4.26. The predicted octanol–water partition coefficient (Wildman–Crippen LogP) is 1.21. The first kappa shape index (κ1) is 21.2. The number of thioether (sulfide) groups is 1. The molecule has 3 rings (SSSR count). The van der Waals surface area contributed by atoms with Gasteiger partial charge in [0.1, 0.15) is 11.2 Å². The predicted molar refractivity (Wildman–Crippen MR) is 111 cm³/mol. The van der Waals surface area contributed by atoms with E-state index < -0.39 is 26.5 Å². The van der Waals surface area contributed by atoms with Crippen LogP contribution in [0.15, 0.2) is 59.5 Å². The molecule has 0 radical (unpaired) electrons. The molecule has 0 bridgehead atoms. The second-order valence-corrected chi connectivity index (χ2v) is 9.46. The number of hydrogen-bond acceptors (Lipinski definition) is 7. The first-order chi connectivity index (χ1) is 13.9. The molecule has 10 heteroatoms. The molecule has 2 atom stereocenters. The summed E-state index contributed by atoms with van der Waals surface area (Å²) >= 11 is 1.17.